The van der Waals surface area contributed by atoms with Gasteiger partial charge in [0.25, 0.3) is 15.9 Å². The normalized spacial score (nSPS) is 11.3. The van der Waals surface area contributed by atoms with Gasteiger partial charge < -0.3 is 5.32 Å². The number of sulfonamides is 1. The maximum absolute atomic E-state index is 12.8. The average molecular weight is 346 g/mol. The molecule has 0 spiro atoms. The zero-order valence-corrected chi connectivity index (χ0v) is 14.9. The standard InChI is InChI=1S/C18H22N2O3S/c1-14(2)13-19-18(21)15-8-7-11-17(12-15)24(22,23)20(3)16-9-5-4-6-10-16/h4-12,14H,13H2,1-3H3,(H,19,21). The number of amides is 1. The third-order valence-electron chi connectivity index (χ3n) is 3.55. The minimum atomic E-state index is -3.73. The fourth-order valence-corrected chi connectivity index (χ4v) is 3.37. The van der Waals surface area contributed by atoms with Crippen LogP contribution < -0.4 is 9.62 Å². The second-order valence-corrected chi connectivity index (χ2v) is 7.91. The lowest BCUT2D eigenvalue weighted by Gasteiger charge is -2.19. The van der Waals surface area contributed by atoms with Gasteiger partial charge in [0.1, 0.15) is 0 Å². The Labute approximate surface area is 143 Å². The highest BCUT2D eigenvalue weighted by Gasteiger charge is 2.22. The molecule has 0 aliphatic carbocycles. The van der Waals surface area contributed by atoms with Crippen LogP contribution in [0.15, 0.2) is 59.5 Å². The number of nitrogens with one attached hydrogen (secondary N) is 1. The van der Waals surface area contributed by atoms with E-state index in [0.717, 1.165) is 0 Å². The number of anilines is 1. The Bertz CT molecular complexity index is 802. The first-order chi connectivity index (χ1) is 11.3. The summed E-state index contributed by atoms with van der Waals surface area (Å²) in [5, 5.41) is 2.79. The van der Waals surface area contributed by atoms with Gasteiger partial charge in [0.15, 0.2) is 0 Å². The average Bonchev–Trinajstić information content (AvgIpc) is 2.59. The zero-order chi connectivity index (χ0) is 17.7. The van der Waals surface area contributed by atoms with Crippen LogP contribution >= 0.6 is 0 Å². The van der Waals surface area contributed by atoms with Crippen molar-refractivity contribution < 1.29 is 13.2 Å². The molecule has 0 fully saturated rings. The van der Waals surface area contributed by atoms with Crippen LogP contribution in [0.4, 0.5) is 5.69 Å². The van der Waals surface area contributed by atoms with Crippen molar-refractivity contribution in [1.82, 2.24) is 5.32 Å². The maximum atomic E-state index is 12.8. The van der Waals surface area contributed by atoms with Crippen LogP contribution in [0, 0.1) is 5.92 Å². The minimum absolute atomic E-state index is 0.0889. The largest absolute Gasteiger partial charge is 0.352 e. The van der Waals surface area contributed by atoms with Crippen LogP contribution in [0.2, 0.25) is 0 Å². The Balaban J connectivity index is 2.28. The SMILES string of the molecule is CC(C)CNC(=O)c1cccc(S(=O)(=O)N(C)c2ccccc2)c1. The van der Waals surface area contributed by atoms with Gasteiger partial charge in [0.05, 0.1) is 10.6 Å². The summed E-state index contributed by atoms with van der Waals surface area (Å²) in [6.07, 6.45) is 0. The Morgan fingerprint density at radius 3 is 2.38 bits per heavy atom. The van der Waals surface area contributed by atoms with Crippen molar-refractivity contribution in [3.8, 4) is 0 Å². The predicted molar refractivity (Wildman–Crippen MR) is 95.6 cm³/mol. The van der Waals surface area contributed by atoms with Crippen LogP contribution in [0.25, 0.3) is 0 Å². The molecule has 6 heteroatoms. The van der Waals surface area contributed by atoms with Crippen molar-refractivity contribution in [2.45, 2.75) is 18.7 Å². The zero-order valence-electron chi connectivity index (χ0n) is 14.1. The lowest BCUT2D eigenvalue weighted by atomic mass is 10.2. The van der Waals surface area contributed by atoms with Crippen LogP contribution in [-0.4, -0.2) is 27.9 Å². The highest BCUT2D eigenvalue weighted by Crippen LogP contribution is 2.22. The van der Waals surface area contributed by atoms with E-state index in [9.17, 15) is 13.2 Å². The van der Waals surface area contributed by atoms with Crippen molar-refractivity contribution in [3.63, 3.8) is 0 Å². The second kappa shape index (κ2) is 7.49. The topological polar surface area (TPSA) is 66.5 Å². The number of rotatable bonds is 6. The molecule has 1 amide bonds. The molecular formula is C18H22N2O3S. The van der Waals surface area contributed by atoms with E-state index >= 15 is 0 Å². The fourth-order valence-electron chi connectivity index (χ4n) is 2.13. The summed E-state index contributed by atoms with van der Waals surface area (Å²) in [5.74, 6) is 0.0493. The monoisotopic (exact) mass is 346 g/mol. The maximum Gasteiger partial charge on any atom is 0.264 e. The predicted octanol–water partition coefficient (Wildman–Crippen LogP) is 2.90. The summed E-state index contributed by atoms with van der Waals surface area (Å²) in [6, 6.07) is 14.9. The number of hydrogen-bond donors (Lipinski definition) is 1. The molecule has 0 saturated heterocycles. The van der Waals surface area contributed by atoms with E-state index in [1.807, 2.05) is 19.9 Å². The van der Waals surface area contributed by atoms with Gasteiger partial charge in [-0.05, 0) is 36.2 Å². The molecule has 0 atom stereocenters. The smallest absolute Gasteiger partial charge is 0.264 e. The Morgan fingerprint density at radius 2 is 1.75 bits per heavy atom. The third-order valence-corrected chi connectivity index (χ3v) is 5.33. The number of carbonyl (C=O) groups excluding carboxylic acids is 1. The van der Waals surface area contributed by atoms with Gasteiger partial charge >= 0.3 is 0 Å². The highest BCUT2D eigenvalue weighted by atomic mass is 32.2. The first-order valence-corrected chi connectivity index (χ1v) is 9.18. The van der Waals surface area contributed by atoms with Gasteiger partial charge in [0.2, 0.25) is 0 Å². The van der Waals surface area contributed by atoms with E-state index < -0.39 is 10.0 Å². The molecule has 0 unspecified atom stereocenters. The van der Waals surface area contributed by atoms with Crippen LogP contribution in [0.1, 0.15) is 24.2 Å². The molecular weight excluding hydrogens is 324 g/mol. The Hall–Kier alpha value is -2.34. The molecule has 0 saturated carbocycles. The van der Waals surface area contributed by atoms with Gasteiger partial charge in [-0.3, -0.25) is 9.10 Å². The molecule has 0 aliphatic rings. The molecule has 1 N–H and O–H groups in total. The van der Waals surface area contributed by atoms with Gasteiger partial charge in [-0.1, -0.05) is 38.1 Å². The summed E-state index contributed by atoms with van der Waals surface area (Å²) >= 11 is 0. The van der Waals surface area contributed by atoms with Gasteiger partial charge in [0, 0.05) is 19.2 Å². The van der Waals surface area contributed by atoms with Crippen molar-refractivity contribution in [2.75, 3.05) is 17.9 Å². The summed E-state index contributed by atoms with van der Waals surface area (Å²) in [7, 11) is -2.23. The van der Waals surface area contributed by atoms with Crippen LogP contribution in [-0.2, 0) is 10.0 Å². The summed E-state index contributed by atoms with van der Waals surface area (Å²) in [5.41, 5.74) is 0.894. The van der Waals surface area contributed by atoms with Crippen LogP contribution in [0.5, 0.6) is 0 Å². The van der Waals surface area contributed by atoms with E-state index in [1.54, 1.807) is 36.4 Å². The molecule has 0 aromatic heterocycles. The minimum Gasteiger partial charge on any atom is -0.352 e. The summed E-state index contributed by atoms with van der Waals surface area (Å²) < 4.78 is 26.7. The van der Waals surface area contributed by atoms with Gasteiger partial charge in [-0.25, -0.2) is 8.42 Å². The van der Waals surface area contributed by atoms with Crippen molar-refractivity contribution in [1.29, 1.82) is 0 Å². The molecule has 0 aliphatic heterocycles. The molecule has 0 heterocycles. The van der Waals surface area contributed by atoms with Gasteiger partial charge in [-0.2, -0.15) is 0 Å². The van der Waals surface area contributed by atoms with Gasteiger partial charge in [-0.15, -0.1) is 0 Å². The van der Waals surface area contributed by atoms with E-state index in [-0.39, 0.29) is 10.8 Å². The number of carbonyl (C=O) groups is 1. The molecule has 0 radical (unpaired) electrons. The lowest BCUT2D eigenvalue weighted by Crippen LogP contribution is -2.29. The molecule has 2 rings (SSSR count). The molecule has 0 bridgehead atoms. The molecule has 5 nitrogen and oxygen atoms in total. The van der Waals surface area contributed by atoms with Crippen molar-refractivity contribution >= 4 is 21.6 Å². The van der Waals surface area contributed by atoms with E-state index in [2.05, 4.69) is 5.32 Å². The van der Waals surface area contributed by atoms with Crippen LogP contribution in [0.3, 0.4) is 0 Å². The third kappa shape index (κ3) is 4.14. The first-order valence-electron chi connectivity index (χ1n) is 7.74. The van der Waals surface area contributed by atoms with E-state index in [4.69, 9.17) is 0 Å². The van der Waals surface area contributed by atoms with Crippen molar-refractivity contribution in [3.05, 3.63) is 60.2 Å². The Morgan fingerprint density at radius 1 is 1.08 bits per heavy atom. The Kier molecular flexibility index (Phi) is 5.62. The molecule has 2 aromatic rings. The van der Waals surface area contributed by atoms with E-state index in [0.29, 0.717) is 23.7 Å². The molecule has 2 aromatic carbocycles. The molecule has 24 heavy (non-hydrogen) atoms. The number of benzene rings is 2. The highest BCUT2D eigenvalue weighted by molar-refractivity contribution is 7.92. The lowest BCUT2D eigenvalue weighted by molar-refractivity contribution is 0.0949. The number of hydrogen-bond acceptors (Lipinski definition) is 3. The summed E-state index contributed by atoms with van der Waals surface area (Å²) in [4.78, 5) is 12.2. The number of para-hydroxylation sites is 1. The quantitative estimate of drug-likeness (QED) is 0.874. The number of nitrogens with zero attached hydrogens (tertiary/aromatic N) is 1. The summed E-state index contributed by atoms with van der Waals surface area (Å²) in [6.45, 7) is 4.53. The van der Waals surface area contributed by atoms with E-state index in [1.165, 1.54) is 23.5 Å². The fraction of sp³-hybridized carbons (Fsp3) is 0.278. The molecule has 128 valence electrons. The second-order valence-electron chi connectivity index (χ2n) is 5.94. The first kappa shape index (κ1) is 18.0. The van der Waals surface area contributed by atoms with Crippen molar-refractivity contribution in [2.24, 2.45) is 5.92 Å².